The van der Waals surface area contributed by atoms with E-state index in [0.717, 1.165) is 15.4 Å². The van der Waals surface area contributed by atoms with Gasteiger partial charge in [-0.05, 0) is 32.0 Å². The van der Waals surface area contributed by atoms with E-state index in [4.69, 9.17) is 16.3 Å². The number of nitrogens with zero attached hydrogens (tertiary/aromatic N) is 4. The number of ether oxygens (including phenoxy) is 1. The lowest BCUT2D eigenvalue weighted by Gasteiger charge is -2.22. The number of aromatic nitrogens is 3. The van der Waals surface area contributed by atoms with Gasteiger partial charge in [0.1, 0.15) is 29.6 Å². The fourth-order valence-electron chi connectivity index (χ4n) is 3.07. The number of carbonyl (C=O) groups excluding carboxylic acids is 1. The number of alkyl halides is 1. The molecule has 7 nitrogen and oxygen atoms in total. The molecule has 2 aromatic heterocycles. The molecule has 1 aliphatic rings. The SMILES string of the molecule is C[C@H](Nc1nccc(N2C(=O)OCC2[C@@H](C)F)n1)c1cnc(-c2ccc(Cl)cc2)s1. The van der Waals surface area contributed by atoms with Gasteiger partial charge in [0.25, 0.3) is 0 Å². The molecule has 3 atom stereocenters. The fraction of sp³-hybridized carbons (Fsp3) is 0.300. The molecule has 1 aromatic carbocycles. The zero-order chi connectivity index (χ0) is 21.3. The van der Waals surface area contributed by atoms with Crippen LogP contribution in [-0.2, 0) is 4.74 Å². The van der Waals surface area contributed by atoms with Gasteiger partial charge in [0.05, 0.1) is 6.04 Å². The van der Waals surface area contributed by atoms with Gasteiger partial charge in [-0.2, -0.15) is 4.98 Å². The van der Waals surface area contributed by atoms with Gasteiger partial charge >= 0.3 is 6.09 Å². The van der Waals surface area contributed by atoms with Crippen LogP contribution in [0.25, 0.3) is 10.6 Å². The molecule has 1 saturated heterocycles. The second-order valence-corrected chi connectivity index (χ2v) is 8.37. The number of hydrogen-bond acceptors (Lipinski definition) is 7. The van der Waals surface area contributed by atoms with E-state index >= 15 is 0 Å². The van der Waals surface area contributed by atoms with Crippen molar-refractivity contribution >= 4 is 40.8 Å². The van der Waals surface area contributed by atoms with Crippen LogP contribution in [0.2, 0.25) is 5.02 Å². The predicted molar refractivity (Wildman–Crippen MR) is 115 cm³/mol. The van der Waals surface area contributed by atoms with Gasteiger partial charge < -0.3 is 10.1 Å². The van der Waals surface area contributed by atoms with Gasteiger partial charge in [0, 0.05) is 27.9 Å². The largest absolute Gasteiger partial charge is 0.447 e. The summed E-state index contributed by atoms with van der Waals surface area (Å²) in [6.07, 6.45) is 1.46. The Kier molecular flexibility index (Phi) is 5.83. The maximum absolute atomic E-state index is 13.9. The van der Waals surface area contributed by atoms with E-state index in [1.54, 1.807) is 23.6 Å². The third-order valence-corrected chi connectivity index (χ3v) is 6.19. The number of amides is 1. The Balaban J connectivity index is 1.50. The number of hydrogen-bond donors (Lipinski definition) is 1. The molecule has 1 fully saturated rings. The zero-order valence-electron chi connectivity index (χ0n) is 16.3. The second-order valence-electron chi connectivity index (χ2n) is 6.87. The number of cyclic esters (lactones) is 1. The second kappa shape index (κ2) is 8.53. The van der Waals surface area contributed by atoms with Crippen LogP contribution >= 0.6 is 22.9 Å². The minimum Gasteiger partial charge on any atom is -0.447 e. The summed E-state index contributed by atoms with van der Waals surface area (Å²) in [6.45, 7) is 3.35. The molecule has 1 N–H and O–H groups in total. The minimum absolute atomic E-state index is 0.00595. The van der Waals surface area contributed by atoms with Crippen LogP contribution in [0.15, 0.2) is 42.7 Å². The molecule has 1 unspecified atom stereocenters. The summed E-state index contributed by atoms with van der Waals surface area (Å²) in [6, 6.07) is 8.23. The van der Waals surface area contributed by atoms with Gasteiger partial charge in [0.2, 0.25) is 5.95 Å². The number of thiazole rings is 1. The van der Waals surface area contributed by atoms with Crippen molar-refractivity contribution < 1.29 is 13.9 Å². The molecule has 0 spiro atoms. The normalized spacial score (nSPS) is 18.2. The molecule has 156 valence electrons. The first-order valence-corrected chi connectivity index (χ1v) is 10.5. The monoisotopic (exact) mass is 447 g/mol. The number of nitrogens with one attached hydrogen (secondary N) is 1. The van der Waals surface area contributed by atoms with Crippen molar-refractivity contribution in [1.82, 2.24) is 15.0 Å². The number of rotatable bonds is 6. The van der Waals surface area contributed by atoms with Crippen molar-refractivity contribution in [2.75, 3.05) is 16.8 Å². The molecule has 1 amide bonds. The molecule has 10 heteroatoms. The quantitative estimate of drug-likeness (QED) is 0.565. The van der Waals surface area contributed by atoms with Crippen molar-refractivity contribution in [3.8, 4) is 10.6 Å². The van der Waals surface area contributed by atoms with E-state index in [1.165, 1.54) is 18.0 Å². The molecule has 30 heavy (non-hydrogen) atoms. The van der Waals surface area contributed by atoms with Gasteiger partial charge in [-0.3, -0.25) is 4.90 Å². The van der Waals surface area contributed by atoms with Gasteiger partial charge in [0.15, 0.2) is 0 Å². The summed E-state index contributed by atoms with van der Waals surface area (Å²) in [5.74, 6) is 0.620. The smallest absolute Gasteiger partial charge is 0.416 e. The lowest BCUT2D eigenvalue weighted by molar-refractivity contribution is 0.174. The van der Waals surface area contributed by atoms with Crippen LogP contribution in [-0.4, -0.2) is 39.9 Å². The summed E-state index contributed by atoms with van der Waals surface area (Å²) in [7, 11) is 0. The maximum Gasteiger partial charge on any atom is 0.416 e. The molecule has 1 aliphatic heterocycles. The first-order chi connectivity index (χ1) is 14.4. The molecular formula is C20H19ClFN5O2S. The molecular weight excluding hydrogens is 429 g/mol. The number of benzene rings is 1. The minimum atomic E-state index is -1.25. The van der Waals surface area contributed by atoms with E-state index in [1.807, 2.05) is 31.2 Å². The zero-order valence-corrected chi connectivity index (χ0v) is 17.8. The molecule has 0 radical (unpaired) electrons. The van der Waals surface area contributed by atoms with Crippen molar-refractivity contribution in [2.24, 2.45) is 0 Å². The van der Waals surface area contributed by atoms with Crippen LogP contribution in [0.4, 0.5) is 21.0 Å². The Morgan fingerprint density at radius 1 is 1.27 bits per heavy atom. The van der Waals surface area contributed by atoms with Crippen LogP contribution in [0.5, 0.6) is 0 Å². The Hall–Kier alpha value is -2.78. The highest BCUT2D eigenvalue weighted by Gasteiger charge is 2.39. The number of halogens is 2. The lowest BCUT2D eigenvalue weighted by atomic mass is 10.2. The lowest BCUT2D eigenvalue weighted by Crippen LogP contribution is -2.39. The van der Waals surface area contributed by atoms with Crippen molar-refractivity contribution in [3.63, 3.8) is 0 Å². The van der Waals surface area contributed by atoms with E-state index in [-0.39, 0.29) is 12.6 Å². The summed E-state index contributed by atoms with van der Waals surface area (Å²) >= 11 is 7.49. The van der Waals surface area contributed by atoms with Crippen molar-refractivity contribution in [1.29, 1.82) is 0 Å². The van der Waals surface area contributed by atoms with Gasteiger partial charge in [-0.25, -0.2) is 19.2 Å². The predicted octanol–water partition coefficient (Wildman–Crippen LogP) is 5.11. The Labute approximate surface area is 181 Å². The molecule has 3 heterocycles. The number of anilines is 2. The first-order valence-electron chi connectivity index (χ1n) is 9.33. The van der Waals surface area contributed by atoms with Gasteiger partial charge in [-0.15, -0.1) is 11.3 Å². The van der Waals surface area contributed by atoms with E-state index in [9.17, 15) is 9.18 Å². The van der Waals surface area contributed by atoms with E-state index < -0.39 is 18.3 Å². The third-order valence-electron chi connectivity index (χ3n) is 4.71. The number of carbonyl (C=O) groups is 1. The average Bonchev–Trinajstić information content (AvgIpc) is 3.36. The summed E-state index contributed by atoms with van der Waals surface area (Å²) < 4.78 is 18.9. The molecule has 0 aliphatic carbocycles. The first kappa shape index (κ1) is 20.5. The summed E-state index contributed by atoms with van der Waals surface area (Å²) in [5.41, 5.74) is 0.986. The Morgan fingerprint density at radius 3 is 2.77 bits per heavy atom. The Bertz CT molecular complexity index is 1050. The Morgan fingerprint density at radius 2 is 2.03 bits per heavy atom. The molecule has 0 bridgehead atoms. The van der Waals surface area contributed by atoms with Crippen LogP contribution in [0, 0.1) is 0 Å². The highest BCUT2D eigenvalue weighted by atomic mass is 35.5. The van der Waals surface area contributed by atoms with Gasteiger partial charge in [-0.1, -0.05) is 23.7 Å². The van der Waals surface area contributed by atoms with Crippen LogP contribution < -0.4 is 10.2 Å². The van der Waals surface area contributed by atoms with Crippen molar-refractivity contribution in [3.05, 3.63) is 52.6 Å². The molecule has 0 saturated carbocycles. The fourth-order valence-corrected chi connectivity index (χ4v) is 4.12. The summed E-state index contributed by atoms with van der Waals surface area (Å²) in [5, 5.41) is 4.76. The van der Waals surface area contributed by atoms with Crippen molar-refractivity contribution in [2.45, 2.75) is 32.1 Å². The van der Waals surface area contributed by atoms with E-state index in [0.29, 0.717) is 16.8 Å². The highest BCUT2D eigenvalue weighted by molar-refractivity contribution is 7.15. The van der Waals surface area contributed by atoms with Crippen LogP contribution in [0.3, 0.4) is 0 Å². The molecule has 4 rings (SSSR count). The topological polar surface area (TPSA) is 80.2 Å². The molecule has 3 aromatic rings. The maximum atomic E-state index is 13.9. The summed E-state index contributed by atoms with van der Waals surface area (Å²) in [4.78, 5) is 27.4. The van der Waals surface area contributed by atoms with Crippen LogP contribution in [0.1, 0.15) is 24.8 Å². The average molecular weight is 448 g/mol. The third kappa shape index (κ3) is 4.22. The highest BCUT2D eigenvalue weighted by Crippen LogP contribution is 2.31. The standard InChI is InChI=1S/C20H19ClFN5O2S/c1-11(22)15-10-29-20(28)27(15)17-7-8-23-19(26-17)25-12(2)16-9-24-18(30-16)13-3-5-14(21)6-4-13/h3-9,11-12,15H,10H2,1-2H3,(H,23,25,26)/t11-,12+,15?/m1/s1. The van der Waals surface area contributed by atoms with E-state index in [2.05, 4.69) is 20.3 Å².